The Morgan fingerprint density at radius 1 is 0.968 bits per heavy atom. The minimum atomic E-state index is -0.362. The van der Waals surface area contributed by atoms with Crippen LogP contribution in [-0.2, 0) is 4.79 Å². The van der Waals surface area contributed by atoms with Crippen molar-refractivity contribution in [1.82, 2.24) is 5.43 Å². The van der Waals surface area contributed by atoms with Gasteiger partial charge < -0.3 is 19.5 Å². The van der Waals surface area contributed by atoms with E-state index in [9.17, 15) is 9.59 Å². The minimum absolute atomic E-state index is 0.103. The molecule has 0 saturated heterocycles. The maximum atomic E-state index is 12.2. The molecule has 8 heteroatoms. The second-order valence-corrected chi connectivity index (χ2v) is 6.54. The first-order valence-electron chi connectivity index (χ1n) is 9.48. The van der Waals surface area contributed by atoms with Crippen LogP contribution in [0.5, 0.6) is 17.2 Å². The van der Waals surface area contributed by atoms with Gasteiger partial charge in [-0.15, -0.1) is 0 Å². The Kier molecular flexibility index (Phi) is 6.08. The van der Waals surface area contributed by atoms with E-state index in [-0.39, 0.29) is 25.2 Å². The van der Waals surface area contributed by atoms with E-state index in [0.717, 1.165) is 5.56 Å². The zero-order valence-electron chi connectivity index (χ0n) is 16.4. The summed E-state index contributed by atoms with van der Waals surface area (Å²) in [6.07, 6.45) is 1.51. The fraction of sp³-hybridized carbons (Fsp3) is 0.0870. The Morgan fingerprint density at radius 3 is 2.55 bits per heavy atom. The zero-order valence-corrected chi connectivity index (χ0v) is 16.4. The lowest BCUT2D eigenvalue weighted by Crippen LogP contribution is -2.20. The van der Waals surface area contributed by atoms with Gasteiger partial charge in [-0.2, -0.15) is 5.10 Å². The molecule has 4 rings (SSSR count). The fourth-order valence-electron chi connectivity index (χ4n) is 2.79. The van der Waals surface area contributed by atoms with E-state index in [4.69, 9.17) is 14.2 Å². The molecule has 156 valence electrons. The molecule has 0 atom stereocenters. The van der Waals surface area contributed by atoms with Crippen molar-refractivity contribution in [3.8, 4) is 17.2 Å². The molecule has 2 amide bonds. The molecule has 0 aromatic heterocycles. The number of anilines is 1. The van der Waals surface area contributed by atoms with Crippen LogP contribution in [0.1, 0.15) is 15.9 Å². The highest BCUT2D eigenvalue weighted by Gasteiger charge is 2.15. The maximum Gasteiger partial charge on any atom is 0.271 e. The summed E-state index contributed by atoms with van der Waals surface area (Å²) in [5.41, 5.74) is 4.35. The second-order valence-electron chi connectivity index (χ2n) is 6.54. The number of hydrazone groups is 1. The van der Waals surface area contributed by atoms with Gasteiger partial charge in [0.05, 0.1) is 6.21 Å². The van der Waals surface area contributed by atoms with E-state index in [2.05, 4.69) is 15.8 Å². The number of carbonyl (C=O) groups excluding carboxylic acids is 2. The van der Waals surface area contributed by atoms with Crippen molar-refractivity contribution in [3.63, 3.8) is 0 Å². The van der Waals surface area contributed by atoms with Crippen molar-refractivity contribution < 1.29 is 23.8 Å². The smallest absolute Gasteiger partial charge is 0.271 e. The lowest BCUT2D eigenvalue weighted by atomic mass is 10.2. The number of hydrogen-bond donors (Lipinski definition) is 2. The van der Waals surface area contributed by atoms with Crippen LogP contribution in [0.2, 0.25) is 0 Å². The van der Waals surface area contributed by atoms with Crippen LogP contribution in [0.15, 0.2) is 77.9 Å². The predicted molar refractivity (Wildman–Crippen MR) is 115 cm³/mol. The van der Waals surface area contributed by atoms with Gasteiger partial charge in [-0.05, 0) is 60.2 Å². The monoisotopic (exact) mass is 417 g/mol. The normalized spacial score (nSPS) is 11.9. The number of hydrogen-bond acceptors (Lipinski definition) is 6. The minimum Gasteiger partial charge on any atom is -0.484 e. The van der Waals surface area contributed by atoms with Gasteiger partial charge in [-0.25, -0.2) is 5.43 Å². The van der Waals surface area contributed by atoms with E-state index >= 15 is 0 Å². The third kappa shape index (κ3) is 5.39. The summed E-state index contributed by atoms with van der Waals surface area (Å²) in [5.74, 6) is 1.08. The van der Waals surface area contributed by atoms with Gasteiger partial charge in [0.15, 0.2) is 18.1 Å². The van der Waals surface area contributed by atoms with Gasteiger partial charge in [0, 0.05) is 11.3 Å². The Bertz CT molecular complexity index is 1100. The van der Waals surface area contributed by atoms with Gasteiger partial charge in [0.1, 0.15) is 5.75 Å². The summed E-state index contributed by atoms with van der Waals surface area (Å²) in [7, 11) is 0. The Hall–Kier alpha value is -4.33. The summed E-state index contributed by atoms with van der Waals surface area (Å²) < 4.78 is 16.0. The highest BCUT2D eigenvalue weighted by Crippen LogP contribution is 2.32. The van der Waals surface area contributed by atoms with Crippen LogP contribution >= 0.6 is 0 Å². The van der Waals surface area contributed by atoms with Gasteiger partial charge in [0.25, 0.3) is 11.8 Å². The Morgan fingerprint density at radius 2 is 1.74 bits per heavy atom. The Labute approximate surface area is 178 Å². The number of nitrogens with zero attached hydrogens (tertiary/aromatic N) is 1. The lowest BCUT2D eigenvalue weighted by Gasteiger charge is -2.07. The summed E-state index contributed by atoms with van der Waals surface area (Å²) >= 11 is 0. The number of para-hydroxylation sites is 1. The molecule has 1 aliphatic rings. The molecule has 3 aromatic carbocycles. The summed E-state index contributed by atoms with van der Waals surface area (Å²) in [6, 6.07) is 21.1. The fourth-order valence-corrected chi connectivity index (χ4v) is 2.79. The molecule has 0 aliphatic carbocycles. The molecular weight excluding hydrogens is 398 g/mol. The summed E-state index contributed by atoms with van der Waals surface area (Å²) in [6.45, 7) is 0.0455. The Balaban J connectivity index is 1.25. The van der Waals surface area contributed by atoms with Crippen LogP contribution in [0.4, 0.5) is 5.69 Å². The van der Waals surface area contributed by atoms with E-state index in [1.54, 1.807) is 54.6 Å². The highest BCUT2D eigenvalue weighted by atomic mass is 16.7. The average molecular weight is 417 g/mol. The average Bonchev–Trinajstić information content (AvgIpc) is 3.27. The van der Waals surface area contributed by atoms with Crippen LogP contribution in [0.25, 0.3) is 0 Å². The number of fused-ring (bicyclic) bond motifs is 1. The van der Waals surface area contributed by atoms with Gasteiger partial charge in [0.2, 0.25) is 6.79 Å². The molecular formula is C23H19N3O5. The highest BCUT2D eigenvalue weighted by molar-refractivity contribution is 5.95. The van der Waals surface area contributed by atoms with Crippen molar-refractivity contribution >= 4 is 23.7 Å². The van der Waals surface area contributed by atoms with E-state index in [0.29, 0.717) is 28.5 Å². The molecule has 0 saturated carbocycles. The van der Waals surface area contributed by atoms with E-state index < -0.39 is 0 Å². The molecule has 3 aromatic rings. The molecule has 8 nitrogen and oxygen atoms in total. The zero-order chi connectivity index (χ0) is 21.5. The van der Waals surface area contributed by atoms with Crippen molar-refractivity contribution in [2.75, 3.05) is 18.7 Å². The molecule has 0 spiro atoms. The first-order valence-corrected chi connectivity index (χ1v) is 9.48. The summed E-state index contributed by atoms with van der Waals surface area (Å²) in [4.78, 5) is 24.1. The molecule has 0 bridgehead atoms. The van der Waals surface area contributed by atoms with Crippen molar-refractivity contribution in [1.29, 1.82) is 0 Å². The van der Waals surface area contributed by atoms with Gasteiger partial charge in [-0.1, -0.05) is 18.2 Å². The van der Waals surface area contributed by atoms with Gasteiger partial charge >= 0.3 is 0 Å². The number of ether oxygens (including phenoxy) is 3. The predicted octanol–water partition coefficient (Wildman–Crippen LogP) is 3.20. The number of nitrogens with one attached hydrogen (secondary N) is 2. The largest absolute Gasteiger partial charge is 0.484 e. The maximum absolute atomic E-state index is 12.2. The molecule has 2 N–H and O–H groups in total. The molecule has 0 unspecified atom stereocenters. The third-order valence-corrected chi connectivity index (χ3v) is 4.32. The quantitative estimate of drug-likeness (QED) is 0.454. The molecule has 0 fully saturated rings. The number of amides is 2. The number of rotatable bonds is 7. The van der Waals surface area contributed by atoms with E-state index in [1.165, 1.54) is 6.21 Å². The van der Waals surface area contributed by atoms with Crippen molar-refractivity contribution in [2.45, 2.75) is 0 Å². The third-order valence-electron chi connectivity index (χ3n) is 4.32. The van der Waals surface area contributed by atoms with Gasteiger partial charge in [-0.3, -0.25) is 9.59 Å². The molecule has 1 heterocycles. The molecule has 0 radical (unpaired) electrons. The lowest BCUT2D eigenvalue weighted by molar-refractivity contribution is -0.118. The first kappa shape index (κ1) is 20.0. The standard InChI is InChI=1S/C23H19N3O5/c27-22(25-18-4-2-1-3-5-18)14-29-19-9-6-16(7-10-19)13-24-26-23(28)17-8-11-20-21(12-17)31-15-30-20/h1-13H,14-15H2,(H,25,27)(H,26,28)/b24-13-. The molecule has 1 aliphatic heterocycles. The van der Waals surface area contributed by atoms with Crippen LogP contribution < -0.4 is 25.0 Å². The van der Waals surface area contributed by atoms with Crippen molar-refractivity contribution in [2.24, 2.45) is 5.10 Å². The number of carbonyl (C=O) groups is 2. The van der Waals surface area contributed by atoms with Crippen LogP contribution in [0.3, 0.4) is 0 Å². The SMILES string of the molecule is O=C(COc1ccc(/C=N\NC(=O)c2ccc3c(c2)OCO3)cc1)Nc1ccccc1. The van der Waals surface area contributed by atoms with E-state index in [1.807, 2.05) is 18.2 Å². The van der Waals surface area contributed by atoms with Crippen LogP contribution in [0, 0.1) is 0 Å². The molecule has 31 heavy (non-hydrogen) atoms. The second kappa shape index (κ2) is 9.45. The first-order chi connectivity index (χ1) is 15.2. The number of benzene rings is 3. The summed E-state index contributed by atoms with van der Waals surface area (Å²) in [5, 5.41) is 6.71. The topological polar surface area (TPSA) is 98.2 Å². The van der Waals surface area contributed by atoms with Crippen molar-refractivity contribution in [3.05, 3.63) is 83.9 Å². The van der Waals surface area contributed by atoms with Crippen LogP contribution in [-0.4, -0.2) is 31.4 Å².